The fraction of sp³-hybridized carbons (Fsp3) is 0.0909. The third-order valence-electron chi connectivity index (χ3n) is 2.21. The third kappa shape index (κ3) is 1.84. The summed E-state index contributed by atoms with van der Waals surface area (Å²) in [4.78, 5) is 4.24. The van der Waals surface area contributed by atoms with Crippen LogP contribution in [0.15, 0.2) is 28.9 Å². The van der Waals surface area contributed by atoms with Gasteiger partial charge in [0.25, 0.3) is 0 Å². The monoisotopic (exact) mass is 295 g/mol. The predicted octanol–water partition coefficient (Wildman–Crippen LogP) is 3.37. The van der Waals surface area contributed by atoms with Crippen LogP contribution in [0, 0.1) is 11.3 Å². The highest BCUT2D eigenvalue weighted by atomic mass is 79.9. The number of halogens is 2. The van der Waals surface area contributed by atoms with Crippen molar-refractivity contribution in [2.24, 2.45) is 7.05 Å². The Hall–Kier alpha value is -1.31. The Morgan fingerprint density at radius 3 is 2.81 bits per heavy atom. The molecule has 0 aliphatic carbocycles. The largest absolute Gasteiger partial charge is 0.321 e. The molecule has 3 nitrogen and oxygen atoms in total. The Morgan fingerprint density at radius 2 is 2.25 bits per heavy atom. The lowest BCUT2D eigenvalue weighted by molar-refractivity contribution is 0.901. The molecule has 0 atom stereocenters. The molecule has 1 aromatic carbocycles. The van der Waals surface area contributed by atoms with Crippen LogP contribution in [-0.2, 0) is 7.05 Å². The number of imidazole rings is 1. The Morgan fingerprint density at radius 1 is 1.50 bits per heavy atom. The normalized spacial score (nSPS) is 10.1. The van der Waals surface area contributed by atoms with Crippen LogP contribution in [0.4, 0.5) is 0 Å². The number of nitriles is 1. The van der Waals surface area contributed by atoms with Crippen LogP contribution in [0.2, 0.25) is 5.02 Å². The first-order chi connectivity index (χ1) is 7.63. The first kappa shape index (κ1) is 11.2. The molecule has 16 heavy (non-hydrogen) atoms. The van der Waals surface area contributed by atoms with Crippen LogP contribution in [0.3, 0.4) is 0 Å². The molecule has 0 unspecified atom stereocenters. The summed E-state index contributed by atoms with van der Waals surface area (Å²) in [5.41, 5.74) is 1.26. The molecule has 1 aromatic heterocycles. The molecule has 0 saturated carbocycles. The van der Waals surface area contributed by atoms with Crippen molar-refractivity contribution < 1.29 is 0 Å². The second-order valence-electron chi connectivity index (χ2n) is 3.26. The molecular weight excluding hydrogens is 289 g/mol. The van der Waals surface area contributed by atoms with E-state index in [1.54, 1.807) is 6.07 Å². The van der Waals surface area contributed by atoms with Crippen molar-refractivity contribution in [2.75, 3.05) is 0 Å². The van der Waals surface area contributed by atoms with Crippen LogP contribution in [0.25, 0.3) is 11.4 Å². The second-order valence-corrected chi connectivity index (χ2v) is 4.44. The third-order valence-corrected chi connectivity index (χ3v) is 3.36. The summed E-state index contributed by atoms with van der Waals surface area (Å²) in [6.45, 7) is 0. The van der Waals surface area contributed by atoms with E-state index in [9.17, 15) is 0 Å². The molecule has 0 aliphatic heterocycles. The summed E-state index contributed by atoms with van der Waals surface area (Å²) in [6.07, 6.45) is 0. The van der Waals surface area contributed by atoms with Crippen LogP contribution in [-0.4, -0.2) is 9.55 Å². The van der Waals surface area contributed by atoms with Crippen molar-refractivity contribution in [1.82, 2.24) is 9.55 Å². The maximum absolute atomic E-state index is 8.88. The Balaban J connectivity index is 2.62. The zero-order valence-corrected chi connectivity index (χ0v) is 10.7. The van der Waals surface area contributed by atoms with E-state index in [0.717, 1.165) is 5.56 Å². The van der Waals surface area contributed by atoms with Gasteiger partial charge in [-0.15, -0.1) is 0 Å². The predicted molar refractivity (Wildman–Crippen MR) is 66.1 cm³/mol. The van der Waals surface area contributed by atoms with Crippen molar-refractivity contribution >= 4 is 27.5 Å². The highest BCUT2D eigenvalue weighted by molar-refractivity contribution is 9.10. The van der Waals surface area contributed by atoms with Crippen molar-refractivity contribution in [3.05, 3.63) is 39.6 Å². The van der Waals surface area contributed by atoms with Crippen LogP contribution < -0.4 is 0 Å². The SMILES string of the molecule is Cn1c(-c2cccc(Cl)c2)nc(C#N)c1Br. The molecule has 0 fully saturated rings. The van der Waals surface area contributed by atoms with E-state index < -0.39 is 0 Å². The van der Waals surface area contributed by atoms with E-state index >= 15 is 0 Å². The van der Waals surface area contributed by atoms with Gasteiger partial charge in [0.15, 0.2) is 5.69 Å². The Labute approximate surface area is 106 Å². The van der Waals surface area contributed by atoms with Gasteiger partial charge in [-0.2, -0.15) is 5.26 Å². The molecule has 0 saturated heterocycles. The minimum absolute atomic E-state index is 0.373. The van der Waals surface area contributed by atoms with E-state index in [1.165, 1.54) is 0 Å². The molecule has 2 aromatic rings. The number of benzene rings is 1. The summed E-state index contributed by atoms with van der Waals surface area (Å²) < 4.78 is 2.48. The molecule has 2 rings (SSSR count). The summed E-state index contributed by atoms with van der Waals surface area (Å²) in [5.74, 6) is 0.714. The van der Waals surface area contributed by atoms with Crippen LogP contribution >= 0.6 is 27.5 Å². The molecule has 0 spiro atoms. The smallest absolute Gasteiger partial charge is 0.173 e. The number of nitrogens with zero attached hydrogens (tertiary/aromatic N) is 3. The molecule has 0 bridgehead atoms. The quantitative estimate of drug-likeness (QED) is 0.809. The summed E-state index contributed by atoms with van der Waals surface area (Å²) >= 11 is 9.24. The first-order valence-electron chi connectivity index (χ1n) is 4.51. The number of hydrogen-bond donors (Lipinski definition) is 0. The first-order valence-corrected chi connectivity index (χ1v) is 5.69. The minimum Gasteiger partial charge on any atom is -0.321 e. The molecule has 0 N–H and O–H groups in total. The minimum atomic E-state index is 0.373. The molecule has 0 amide bonds. The standard InChI is InChI=1S/C11H7BrClN3/c1-16-10(12)9(6-14)15-11(16)7-3-2-4-8(13)5-7/h2-5H,1H3. The van der Waals surface area contributed by atoms with Gasteiger partial charge in [-0.1, -0.05) is 23.7 Å². The number of rotatable bonds is 1. The van der Waals surface area contributed by atoms with Crippen LogP contribution in [0.5, 0.6) is 0 Å². The van der Waals surface area contributed by atoms with Gasteiger partial charge in [0.1, 0.15) is 16.5 Å². The Bertz CT molecular complexity index is 583. The van der Waals surface area contributed by atoms with Gasteiger partial charge in [-0.05, 0) is 28.1 Å². The Kier molecular flexibility index (Phi) is 2.99. The molecule has 1 heterocycles. The zero-order chi connectivity index (χ0) is 11.7. The fourth-order valence-electron chi connectivity index (χ4n) is 1.44. The number of hydrogen-bond acceptors (Lipinski definition) is 2. The van der Waals surface area contributed by atoms with E-state index in [4.69, 9.17) is 16.9 Å². The maximum atomic E-state index is 8.88. The van der Waals surface area contributed by atoms with Gasteiger partial charge in [0.05, 0.1) is 0 Å². The topological polar surface area (TPSA) is 41.6 Å². The molecule has 0 aliphatic rings. The van der Waals surface area contributed by atoms with Gasteiger partial charge >= 0.3 is 0 Å². The van der Waals surface area contributed by atoms with Gasteiger partial charge in [-0.25, -0.2) is 4.98 Å². The van der Waals surface area contributed by atoms with E-state index in [1.807, 2.05) is 35.9 Å². The zero-order valence-electron chi connectivity index (χ0n) is 8.41. The average molecular weight is 297 g/mol. The van der Waals surface area contributed by atoms with Crippen molar-refractivity contribution in [3.63, 3.8) is 0 Å². The molecular formula is C11H7BrClN3. The van der Waals surface area contributed by atoms with E-state index in [-0.39, 0.29) is 0 Å². The second kappa shape index (κ2) is 4.28. The highest BCUT2D eigenvalue weighted by Crippen LogP contribution is 2.26. The van der Waals surface area contributed by atoms with E-state index in [0.29, 0.717) is 21.1 Å². The average Bonchev–Trinajstić information content (AvgIpc) is 2.56. The summed E-state index contributed by atoms with van der Waals surface area (Å²) in [7, 11) is 1.84. The van der Waals surface area contributed by atoms with Gasteiger partial charge in [0.2, 0.25) is 0 Å². The summed E-state index contributed by atoms with van der Waals surface area (Å²) in [6, 6.07) is 9.40. The number of aromatic nitrogens is 2. The summed E-state index contributed by atoms with van der Waals surface area (Å²) in [5, 5.41) is 9.52. The van der Waals surface area contributed by atoms with E-state index in [2.05, 4.69) is 20.9 Å². The van der Waals surface area contributed by atoms with Gasteiger partial charge in [-0.3, -0.25) is 0 Å². The van der Waals surface area contributed by atoms with Crippen molar-refractivity contribution in [3.8, 4) is 17.5 Å². The molecule has 80 valence electrons. The van der Waals surface area contributed by atoms with Crippen molar-refractivity contribution in [1.29, 1.82) is 5.26 Å². The highest BCUT2D eigenvalue weighted by Gasteiger charge is 2.13. The molecule has 5 heteroatoms. The lowest BCUT2D eigenvalue weighted by Gasteiger charge is -2.02. The lowest BCUT2D eigenvalue weighted by atomic mass is 10.2. The van der Waals surface area contributed by atoms with Gasteiger partial charge in [0, 0.05) is 17.6 Å². The lowest BCUT2D eigenvalue weighted by Crippen LogP contribution is -1.92. The fourth-order valence-corrected chi connectivity index (χ4v) is 1.97. The van der Waals surface area contributed by atoms with Gasteiger partial charge < -0.3 is 4.57 Å². The van der Waals surface area contributed by atoms with Crippen molar-refractivity contribution in [2.45, 2.75) is 0 Å². The maximum Gasteiger partial charge on any atom is 0.173 e. The van der Waals surface area contributed by atoms with Crippen LogP contribution in [0.1, 0.15) is 5.69 Å². The molecule has 0 radical (unpaired) electrons.